The Morgan fingerprint density at radius 2 is 1.50 bits per heavy atom. The van der Waals surface area contributed by atoms with Crippen molar-refractivity contribution in [1.29, 1.82) is 0 Å². The zero-order valence-corrected chi connectivity index (χ0v) is 26.7. The fourth-order valence-electron chi connectivity index (χ4n) is 7.05. The number of rotatable bonds is 7. The molecule has 1 unspecified atom stereocenters. The molecule has 2 amide bonds. The van der Waals surface area contributed by atoms with Crippen LogP contribution in [0.3, 0.4) is 0 Å². The van der Waals surface area contributed by atoms with Crippen molar-refractivity contribution < 1.29 is 33.7 Å². The van der Waals surface area contributed by atoms with E-state index in [1.54, 1.807) is 9.80 Å². The van der Waals surface area contributed by atoms with Crippen molar-refractivity contribution in [3.05, 3.63) is 89.5 Å². The number of para-hydroxylation sites is 1. The van der Waals surface area contributed by atoms with Gasteiger partial charge in [0, 0.05) is 56.8 Å². The smallest absolute Gasteiger partial charge is 0.410 e. The van der Waals surface area contributed by atoms with E-state index < -0.39 is 23.3 Å². The highest BCUT2D eigenvalue weighted by molar-refractivity contribution is 5.79. The zero-order valence-electron chi connectivity index (χ0n) is 26.7. The fourth-order valence-corrected chi connectivity index (χ4v) is 7.05. The molecule has 1 N–H and O–H groups in total. The van der Waals surface area contributed by atoms with E-state index in [0.29, 0.717) is 44.5 Å². The van der Waals surface area contributed by atoms with E-state index >= 15 is 0 Å². The number of amides is 2. The second-order valence-electron chi connectivity index (χ2n) is 13.5. The van der Waals surface area contributed by atoms with Crippen LogP contribution in [-0.4, -0.2) is 70.5 Å². The Balaban J connectivity index is 1.24. The minimum atomic E-state index is -0.911. The third-order valence-electron chi connectivity index (χ3n) is 9.23. The number of hydrogen-bond acceptors (Lipinski definition) is 6. The Kier molecular flexibility index (Phi) is 8.68. The lowest BCUT2D eigenvalue weighted by molar-refractivity contribution is -0.137. The van der Waals surface area contributed by atoms with Gasteiger partial charge in [0.1, 0.15) is 23.6 Å². The average molecular weight is 627 g/mol. The summed E-state index contributed by atoms with van der Waals surface area (Å²) in [7, 11) is 0. The summed E-state index contributed by atoms with van der Waals surface area (Å²) in [6, 6.07) is 23.7. The van der Waals surface area contributed by atoms with Gasteiger partial charge in [-0.15, -0.1) is 0 Å². The predicted octanol–water partition coefficient (Wildman–Crippen LogP) is 7.40. The van der Waals surface area contributed by atoms with Gasteiger partial charge >= 0.3 is 18.2 Å². The van der Waals surface area contributed by atoms with Gasteiger partial charge in [-0.2, -0.15) is 0 Å². The van der Waals surface area contributed by atoms with E-state index in [-0.39, 0.29) is 37.6 Å². The van der Waals surface area contributed by atoms with Crippen molar-refractivity contribution in [2.45, 2.75) is 76.0 Å². The average Bonchev–Trinajstić information content (AvgIpc) is 3.34. The van der Waals surface area contributed by atoms with Gasteiger partial charge in [0.05, 0.1) is 6.04 Å². The Morgan fingerprint density at radius 1 is 0.913 bits per heavy atom. The molecule has 3 aromatic carbocycles. The Hall–Kier alpha value is -4.53. The second-order valence-corrected chi connectivity index (χ2v) is 13.5. The van der Waals surface area contributed by atoms with Crippen molar-refractivity contribution in [2.24, 2.45) is 0 Å². The first-order valence-corrected chi connectivity index (χ1v) is 16.1. The van der Waals surface area contributed by atoms with Crippen LogP contribution in [0.5, 0.6) is 5.75 Å². The van der Waals surface area contributed by atoms with Crippen LogP contribution in [0.25, 0.3) is 11.1 Å². The molecule has 0 saturated carbocycles. The predicted molar refractivity (Wildman–Crippen MR) is 173 cm³/mol. The number of carbonyl (C=O) groups is 3. The Morgan fingerprint density at radius 3 is 2.11 bits per heavy atom. The summed E-state index contributed by atoms with van der Waals surface area (Å²) >= 11 is 0. The summed E-state index contributed by atoms with van der Waals surface area (Å²) in [5.74, 6) is -0.312. The first-order chi connectivity index (χ1) is 22.0. The highest BCUT2D eigenvalue weighted by Gasteiger charge is 2.47. The molecular weight excluding hydrogens is 584 g/mol. The summed E-state index contributed by atoms with van der Waals surface area (Å²) in [4.78, 5) is 41.8. The van der Waals surface area contributed by atoms with Crippen LogP contribution in [0.4, 0.5) is 9.59 Å². The van der Waals surface area contributed by atoms with Crippen molar-refractivity contribution in [2.75, 3.05) is 26.2 Å². The van der Waals surface area contributed by atoms with Crippen molar-refractivity contribution >= 4 is 18.2 Å². The van der Waals surface area contributed by atoms with E-state index in [9.17, 15) is 19.5 Å². The molecule has 3 aromatic rings. The summed E-state index contributed by atoms with van der Waals surface area (Å²) < 4.78 is 18.4. The van der Waals surface area contributed by atoms with Crippen LogP contribution in [0.15, 0.2) is 72.8 Å². The molecule has 0 radical (unpaired) electrons. The van der Waals surface area contributed by atoms with Gasteiger partial charge in [-0.05, 0) is 55.5 Å². The topological polar surface area (TPSA) is 106 Å². The second kappa shape index (κ2) is 12.7. The molecule has 2 aliphatic heterocycles. The molecule has 9 nitrogen and oxygen atoms in total. The summed E-state index contributed by atoms with van der Waals surface area (Å²) in [6.45, 7) is 6.88. The molecule has 1 spiro atoms. The van der Waals surface area contributed by atoms with E-state index in [4.69, 9.17) is 14.2 Å². The third-order valence-corrected chi connectivity index (χ3v) is 9.23. The van der Waals surface area contributed by atoms with E-state index in [1.807, 2.05) is 69.3 Å². The molecule has 9 heteroatoms. The number of carboxylic acid groups (broad SMARTS) is 1. The molecule has 46 heavy (non-hydrogen) atoms. The van der Waals surface area contributed by atoms with Gasteiger partial charge in [-0.1, -0.05) is 66.7 Å². The van der Waals surface area contributed by atoms with Crippen molar-refractivity contribution in [1.82, 2.24) is 9.80 Å². The zero-order chi connectivity index (χ0) is 32.5. The van der Waals surface area contributed by atoms with Crippen LogP contribution in [0, 0.1) is 0 Å². The molecule has 1 fully saturated rings. The number of fused-ring (bicyclic) bond motifs is 4. The van der Waals surface area contributed by atoms with Crippen LogP contribution in [0.2, 0.25) is 0 Å². The maximum Gasteiger partial charge on any atom is 0.410 e. The quantitative estimate of drug-likeness (QED) is 0.291. The molecule has 3 aliphatic rings. The molecule has 6 rings (SSSR count). The summed E-state index contributed by atoms with van der Waals surface area (Å²) in [5, 5.41) is 9.41. The van der Waals surface area contributed by atoms with Crippen LogP contribution in [0.1, 0.15) is 81.5 Å². The van der Waals surface area contributed by atoms with Gasteiger partial charge in [0.2, 0.25) is 0 Å². The number of likely N-dealkylation sites (tertiary alicyclic amines) is 1. The third kappa shape index (κ3) is 6.55. The molecule has 0 bridgehead atoms. The van der Waals surface area contributed by atoms with Gasteiger partial charge in [-0.3, -0.25) is 4.79 Å². The number of aliphatic carboxylic acids is 1. The minimum absolute atomic E-state index is 0.0615. The normalized spacial score (nSPS) is 18.2. The number of carbonyl (C=O) groups excluding carboxylic acids is 2. The highest BCUT2D eigenvalue weighted by atomic mass is 16.6. The van der Waals surface area contributed by atoms with Crippen molar-refractivity contribution in [3.63, 3.8) is 0 Å². The number of nitrogens with zero attached hydrogens (tertiary/aromatic N) is 2. The first kappa shape index (κ1) is 31.5. The number of ether oxygens (including phenoxy) is 3. The van der Waals surface area contributed by atoms with Gasteiger partial charge in [0.25, 0.3) is 0 Å². The van der Waals surface area contributed by atoms with Crippen LogP contribution >= 0.6 is 0 Å². The Labute approximate surface area is 270 Å². The van der Waals surface area contributed by atoms with Crippen molar-refractivity contribution in [3.8, 4) is 16.9 Å². The molecule has 1 aliphatic carbocycles. The van der Waals surface area contributed by atoms with Gasteiger partial charge in [0.15, 0.2) is 0 Å². The largest absolute Gasteiger partial charge is 0.487 e. The lowest BCUT2D eigenvalue weighted by Crippen LogP contribution is -2.54. The fraction of sp³-hybridized carbons (Fsp3) is 0.432. The van der Waals surface area contributed by atoms with Crippen LogP contribution in [-0.2, 0) is 14.3 Å². The van der Waals surface area contributed by atoms with Gasteiger partial charge in [-0.25, -0.2) is 9.59 Å². The molecule has 1 atom stereocenters. The summed E-state index contributed by atoms with van der Waals surface area (Å²) in [5.41, 5.74) is 4.23. The molecular formula is C37H42N2O7. The first-order valence-electron chi connectivity index (χ1n) is 16.1. The number of carboxylic acids is 1. The number of benzene rings is 3. The van der Waals surface area contributed by atoms with Gasteiger partial charge < -0.3 is 29.1 Å². The Bertz CT molecular complexity index is 1560. The molecule has 2 heterocycles. The lowest BCUT2D eigenvalue weighted by atomic mass is 9.80. The van der Waals surface area contributed by atoms with E-state index in [2.05, 4.69) is 24.3 Å². The maximum absolute atomic E-state index is 14.1. The van der Waals surface area contributed by atoms with E-state index in [1.165, 1.54) is 0 Å². The molecule has 242 valence electrons. The lowest BCUT2D eigenvalue weighted by Gasteiger charge is -2.48. The minimum Gasteiger partial charge on any atom is -0.487 e. The highest BCUT2D eigenvalue weighted by Crippen LogP contribution is 2.48. The SMILES string of the molecule is CC(C)(C)OC(=O)N1CCC2(CC1)CC(N(CCCC(=O)O)C(=O)OCC1c3ccccc3-c3ccccc31)c1ccccc1O2. The van der Waals surface area contributed by atoms with E-state index in [0.717, 1.165) is 27.8 Å². The van der Waals surface area contributed by atoms with Crippen LogP contribution < -0.4 is 4.74 Å². The number of piperidine rings is 1. The maximum atomic E-state index is 14.1. The number of hydrogen-bond donors (Lipinski definition) is 1. The summed E-state index contributed by atoms with van der Waals surface area (Å²) in [6.07, 6.45) is 1.06. The monoisotopic (exact) mass is 626 g/mol. The standard InChI is InChI=1S/C37H42N2O7/c1-36(2,3)46-34(42)38-21-18-37(19-22-38)23-31(29-15-8-9-16-32(29)45-37)39(20-10-17-33(40)41)35(43)44-24-30-27-13-6-4-11-25(27)26-12-5-7-14-28(26)30/h4-9,11-16,30-31H,10,17-24H2,1-3H3,(H,40,41). The molecule has 0 aromatic heterocycles. The molecule has 1 saturated heterocycles.